The smallest absolute Gasteiger partial charge is 0.317 e. The summed E-state index contributed by atoms with van der Waals surface area (Å²) >= 11 is 1.55. The van der Waals surface area contributed by atoms with Crippen molar-refractivity contribution in [2.24, 2.45) is 0 Å². The first-order chi connectivity index (χ1) is 9.99. The predicted octanol–water partition coefficient (Wildman–Crippen LogP) is 2.11. The zero-order chi connectivity index (χ0) is 15.4. The van der Waals surface area contributed by atoms with E-state index in [4.69, 9.17) is 0 Å². The third kappa shape index (κ3) is 3.81. The first-order valence-electron chi connectivity index (χ1n) is 6.87. The van der Waals surface area contributed by atoms with E-state index in [2.05, 4.69) is 22.3 Å². The average Bonchev–Trinajstić information content (AvgIpc) is 3.04. The van der Waals surface area contributed by atoms with Gasteiger partial charge in [-0.25, -0.2) is 9.78 Å². The van der Waals surface area contributed by atoms with Gasteiger partial charge in [0, 0.05) is 30.9 Å². The van der Waals surface area contributed by atoms with Crippen LogP contribution in [0.3, 0.4) is 0 Å². The van der Waals surface area contributed by atoms with Crippen molar-refractivity contribution in [3.8, 4) is 0 Å². The average molecular weight is 307 g/mol. The fourth-order valence-corrected chi connectivity index (χ4v) is 2.68. The molecule has 0 radical (unpaired) electrons. The minimum atomic E-state index is -0.0940. The molecule has 6 nitrogen and oxygen atoms in total. The second kappa shape index (κ2) is 6.71. The Bertz CT molecular complexity index is 605. The Hall–Kier alpha value is -1.89. The Morgan fingerprint density at radius 3 is 2.76 bits per heavy atom. The lowest BCUT2D eigenvalue weighted by Gasteiger charge is -2.16. The predicted molar refractivity (Wildman–Crippen MR) is 83.4 cm³/mol. The number of thiazole rings is 1. The van der Waals surface area contributed by atoms with Gasteiger partial charge in [0.05, 0.1) is 18.8 Å². The van der Waals surface area contributed by atoms with Crippen LogP contribution in [0.25, 0.3) is 0 Å². The minimum Gasteiger partial charge on any atom is -0.336 e. The van der Waals surface area contributed by atoms with Crippen molar-refractivity contribution in [2.45, 2.75) is 33.9 Å². The van der Waals surface area contributed by atoms with Gasteiger partial charge in [-0.3, -0.25) is 4.68 Å². The third-order valence-corrected chi connectivity index (χ3v) is 4.31. The van der Waals surface area contributed by atoms with Crippen LogP contribution in [-0.2, 0) is 13.1 Å². The third-order valence-electron chi connectivity index (χ3n) is 3.55. The second-order valence-corrected chi connectivity index (χ2v) is 6.01. The number of nitrogens with zero attached hydrogens (tertiary/aromatic N) is 4. The van der Waals surface area contributed by atoms with Gasteiger partial charge >= 0.3 is 6.03 Å². The summed E-state index contributed by atoms with van der Waals surface area (Å²) in [6.07, 6.45) is 1.75. The van der Waals surface area contributed by atoms with Gasteiger partial charge in [0.15, 0.2) is 0 Å². The number of carbonyl (C=O) groups is 1. The summed E-state index contributed by atoms with van der Waals surface area (Å²) in [6.45, 7) is 7.88. The monoisotopic (exact) mass is 307 g/mol. The molecule has 0 aliphatic carbocycles. The van der Waals surface area contributed by atoms with E-state index >= 15 is 0 Å². The molecule has 7 heteroatoms. The highest BCUT2D eigenvalue weighted by atomic mass is 32.1. The van der Waals surface area contributed by atoms with Gasteiger partial charge in [-0.15, -0.1) is 11.3 Å². The molecule has 0 bridgehead atoms. The first kappa shape index (κ1) is 15.5. The van der Waals surface area contributed by atoms with Crippen molar-refractivity contribution in [2.75, 3.05) is 13.6 Å². The van der Waals surface area contributed by atoms with Crippen LogP contribution in [-0.4, -0.2) is 39.3 Å². The molecule has 0 saturated carbocycles. The van der Waals surface area contributed by atoms with Crippen LogP contribution in [0.2, 0.25) is 0 Å². The Morgan fingerprint density at radius 2 is 2.19 bits per heavy atom. The number of rotatable bonds is 5. The lowest BCUT2D eigenvalue weighted by atomic mass is 10.2. The van der Waals surface area contributed by atoms with E-state index in [0.717, 1.165) is 16.4 Å². The Balaban J connectivity index is 1.80. The van der Waals surface area contributed by atoms with Crippen LogP contribution in [0, 0.1) is 20.8 Å². The van der Waals surface area contributed by atoms with E-state index in [1.807, 2.05) is 23.9 Å². The fraction of sp³-hybridized carbons (Fsp3) is 0.500. The maximum absolute atomic E-state index is 12.0. The molecule has 0 aliphatic heterocycles. The highest BCUT2D eigenvalue weighted by molar-refractivity contribution is 7.09. The number of aryl methyl sites for hydroxylation is 1. The number of aromatic nitrogens is 3. The van der Waals surface area contributed by atoms with Crippen molar-refractivity contribution in [1.29, 1.82) is 0 Å². The number of hydrogen-bond donors (Lipinski definition) is 1. The van der Waals surface area contributed by atoms with Gasteiger partial charge in [-0.2, -0.15) is 5.10 Å². The van der Waals surface area contributed by atoms with E-state index in [0.29, 0.717) is 19.6 Å². The zero-order valence-corrected chi connectivity index (χ0v) is 13.7. The molecule has 21 heavy (non-hydrogen) atoms. The summed E-state index contributed by atoms with van der Waals surface area (Å²) in [5.74, 6) is 0. The molecule has 114 valence electrons. The Kier molecular flexibility index (Phi) is 4.95. The summed E-state index contributed by atoms with van der Waals surface area (Å²) in [6, 6.07) is -0.0940. The van der Waals surface area contributed by atoms with E-state index in [1.54, 1.807) is 29.5 Å². The van der Waals surface area contributed by atoms with E-state index in [1.165, 1.54) is 5.56 Å². The molecule has 0 aliphatic rings. The maximum Gasteiger partial charge on any atom is 0.317 e. The molecule has 2 amide bonds. The van der Waals surface area contributed by atoms with Crippen molar-refractivity contribution in [3.63, 3.8) is 0 Å². The number of nitrogens with one attached hydrogen (secondary N) is 1. The molecule has 0 spiro atoms. The van der Waals surface area contributed by atoms with Gasteiger partial charge in [-0.1, -0.05) is 0 Å². The van der Waals surface area contributed by atoms with Gasteiger partial charge in [0.25, 0.3) is 0 Å². The second-order valence-electron chi connectivity index (χ2n) is 5.03. The molecule has 0 saturated heterocycles. The molecule has 0 unspecified atom stereocenters. The summed E-state index contributed by atoms with van der Waals surface area (Å²) in [5, 5.41) is 10.2. The van der Waals surface area contributed by atoms with Crippen LogP contribution in [0.4, 0.5) is 4.79 Å². The van der Waals surface area contributed by atoms with Crippen LogP contribution in [0.15, 0.2) is 11.6 Å². The number of carbonyl (C=O) groups excluding carboxylic acids is 1. The molecule has 1 N–H and O–H groups in total. The number of urea groups is 1. The first-order valence-corrected chi connectivity index (χ1v) is 7.75. The summed E-state index contributed by atoms with van der Waals surface area (Å²) < 4.78 is 1.94. The molecular weight excluding hydrogens is 286 g/mol. The highest BCUT2D eigenvalue weighted by Crippen LogP contribution is 2.10. The van der Waals surface area contributed by atoms with Crippen molar-refractivity contribution < 1.29 is 4.79 Å². The minimum absolute atomic E-state index is 0.0940. The largest absolute Gasteiger partial charge is 0.336 e. The standard InChI is InChI=1S/C14H21N5OS/c1-10-11(2)17-19(12(10)3)7-5-16-14(20)18(4)9-13-15-6-8-21-13/h6,8H,5,7,9H2,1-4H3,(H,16,20). The Morgan fingerprint density at radius 1 is 1.43 bits per heavy atom. The molecule has 0 aromatic carbocycles. The van der Waals surface area contributed by atoms with Gasteiger partial charge in [-0.05, 0) is 26.3 Å². The lowest BCUT2D eigenvalue weighted by Crippen LogP contribution is -2.38. The summed E-state index contributed by atoms with van der Waals surface area (Å²) in [5.41, 5.74) is 3.40. The van der Waals surface area contributed by atoms with E-state index in [-0.39, 0.29) is 6.03 Å². The van der Waals surface area contributed by atoms with Crippen molar-refractivity contribution in [3.05, 3.63) is 33.5 Å². The summed E-state index contributed by atoms with van der Waals surface area (Å²) in [7, 11) is 1.77. The molecule has 0 fully saturated rings. The van der Waals surface area contributed by atoms with Gasteiger partial charge in [0.2, 0.25) is 0 Å². The molecule has 2 aromatic rings. The van der Waals surface area contributed by atoms with Crippen LogP contribution in [0.5, 0.6) is 0 Å². The SMILES string of the molecule is Cc1nn(CCNC(=O)N(C)Cc2nccs2)c(C)c1C. The molecule has 2 aromatic heterocycles. The maximum atomic E-state index is 12.0. The molecular formula is C14H21N5OS. The fourth-order valence-electron chi connectivity index (χ4n) is 2.01. The molecule has 2 rings (SSSR count). The van der Waals surface area contributed by atoms with Crippen LogP contribution >= 0.6 is 11.3 Å². The summed E-state index contributed by atoms with van der Waals surface area (Å²) in [4.78, 5) is 17.8. The van der Waals surface area contributed by atoms with E-state index in [9.17, 15) is 4.79 Å². The highest BCUT2D eigenvalue weighted by Gasteiger charge is 2.11. The quantitative estimate of drug-likeness (QED) is 0.920. The lowest BCUT2D eigenvalue weighted by molar-refractivity contribution is 0.206. The molecule has 0 atom stereocenters. The Labute approximate surface area is 128 Å². The number of amides is 2. The molecule has 2 heterocycles. The normalized spacial score (nSPS) is 10.7. The van der Waals surface area contributed by atoms with Crippen LogP contribution < -0.4 is 5.32 Å². The van der Waals surface area contributed by atoms with Crippen LogP contribution in [0.1, 0.15) is 22.0 Å². The van der Waals surface area contributed by atoms with E-state index < -0.39 is 0 Å². The van der Waals surface area contributed by atoms with Crippen molar-refractivity contribution >= 4 is 17.4 Å². The van der Waals surface area contributed by atoms with Crippen molar-refractivity contribution in [1.82, 2.24) is 25.0 Å². The zero-order valence-electron chi connectivity index (χ0n) is 12.9. The number of hydrogen-bond acceptors (Lipinski definition) is 4. The van der Waals surface area contributed by atoms with Gasteiger partial charge < -0.3 is 10.2 Å². The topological polar surface area (TPSA) is 63.1 Å². The van der Waals surface area contributed by atoms with Gasteiger partial charge in [0.1, 0.15) is 5.01 Å².